The summed E-state index contributed by atoms with van der Waals surface area (Å²) in [5.74, 6) is 2.25. The van der Waals surface area contributed by atoms with Crippen molar-refractivity contribution >= 4 is 85.8 Å². The van der Waals surface area contributed by atoms with Crippen LogP contribution >= 0.6 is 11.3 Å². The molecule has 0 spiro atoms. The van der Waals surface area contributed by atoms with Gasteiger partial charge in [0, 0.05) is 66.5 Å². The van der Waals surface area contributed by atoms with Crippen molar-refractivity contribution in [3.8, 4) is 56.8 Å². The molecule has 0 amide bonds. The van der Waals surface area contributed by atoms with Gasteiger partial charge < -0.3 is 0 Å². The van der Waals surface area contributed by atoms with Gasteiger partial charge in [-0.1, -0.05) is 152 Å². The van der Waals surface area contributed by atoms with Crippen LogP contribution in [0.1, 0.15) is 0 Å². The molecule has 5 aromatic heterocycles. The van der Waals surface area contributed by atoms with Gasteiger partial charge in [-0.15, -0.1) is 11.3 Å². The first-order valence-electron chi connectivity index (χ1n) is 20.8. The molecule has 0 bridgehead atoms. The summed E-state index contributed by atoms with van der Waals surface area (Å²) in [6.07, 6.45) is 3.66. The standard InChI is InChI=1S/C55H31N7S/c1-4-16-39-32(12-1)15-11-21-43(39)48-51-49(47-42-19-7-5-17-40(42)41-18-6-8-20-44(41)50(47)63-51)59-52(58-48)33-24-26-34(27-25-33)53-60-54(37-28-35-13-2-9-22-45(35)56-30-37)62-55(61-53)38-29-36-14-3-10-23-46(36)57-31-38/h1-31H. The first kappa shape index (κ1) is 35.4. The van der Waals surface area contributed by atoms with Crippen LogP contribution in [-0.2, 0) is 0 Å². The zero-order valence-corrected chi connectivity index (χ0v) is 34.3. The molecule has 8 heteroatoms. The van der Waals surface area contributed by atoms with Gasteiger partial charge in [0.2, 0.25) is 0 Å². The molecule has 0 N–H and O–H groups in total. The van der Waals surface area contributed by atoms with Crippen molar-refractivity contribution in [1.82, 2.24) is 34.9 Å². The number of hydrogen-bond donors (Lipinski definition) is 0. The molecule has 0 unspecified atom stereocenters. The van der Waals surface area contributed by atoms with Crippen LogP contribution in [0.2, 0.25) is 0 Å². The molecule has 8 aromatic carbocycles. The molecule has 0 radical (unpaired) electrons. The van der Waals surface area contributed by atoms with Crippen LogP contribution in [0, 0.1) is 0 Å². The Hall–Kier alpha value is -8.33. The summed E-state index contributed by atoms with van der Waals surface area (Å²) < 4.78 is 2.28. The highest BCUT2D eigenvalue weighted by atomic mass is 32.1. The van der Waals surface area contributed by atoms with Crippen molar-refractivity contribution in [2.75, 3.05) is 0 Å². The number of rotatable bonds is 5. The van der Waals surface area contributed by atoms with E-state index in [4.69, 9.17) is 34.9 Å². The van der Waals surface area contributed by atoms with Crippen molar-refractivity contribution in [2.24, 2.45) is 0 Å². The highest BCUT2D eigenvalue weighted by molar-refractivity contribution is 7.27. The number of para-hydroxylation sites is 2. The maximum absolute atomic E-state index is 5.46. The van der Waals surface area contributed by atoms with Gasteiger partial charge in [-0.25, -0.2) is 24.9 Å². The van der Waals surface area contributed by atoms with E-state index in [0.717, 1.165) is 76.3 Å². The Kier molecular flexibility index (Phi) is 7.94. The van der Waals surface area contributed by atoms with Gasteiger partial charge in [0.15, 0.2) is 23.3 Å². The third kappa shape index (κ3) is 5.84. The second-order valence-electron chi connectivity index (χ2n) is 15.7. The molecule has 292 valence electrons. The Labute approximate surface area is 364 Å². The van der Waals surface area contributed by atoms with E-state index in [-0.39, 0.29) is 0 Å². The molecule has 13 aromatic rings. The van der Waals surface area contributed by atoms with Gasteiger partial charge in [0.1, 0.15) is 0 Å². The molecule has 13 rings (SSSR count). The lowest BCUT2D eigenvalue weighted by Crippen LogP contribution is -2.01. The van der Waals surface area contributed by atoms with E-state index < -0.39 is 0 Å². The normalized spacial score (nSPS) is 11.8. The first-order chi connectivity index (χ1) is 31.2. The van der Waals surface area contributed by atoms with E-state index in [9.17, 15) is 0 Å². The van der Waals surface area contributed by atoms with Crippen LogP contribution in [0.4, 0.5) is 0 Å². The lowest BCUT2D eigenvalue weighted by molar-refractivity contribution is 1.07. The highest BCUT2D eigenvalue weighted by Crippen LogP contribution is 2.47. The fourth-order valence-electron chi connectivity index (χ4n) is 8.93. The molecule has 0 fully saturated rings. The SMILES string of the molecule is c1ccc2ncc(-c3nc(-c4ccc(-c5nc(-c6cccc7ccccc67)c6sc7c8ccccc8c8ccccc8c7c6n5)cc4)nc(-c4cnc5ccccc5c4)n3)cc2c1. The van der Waals surface area contributed by atoms with Gasteiger partial charge in [-0.05, 0) is 51.2 Å². The average molecular weight is 822 g/mol. The summed E-state index contributed by atoms with van der Waals surface area (Å²) >= 11 is 1.78. The molecular formula is C55H31N7S. The van der Waals surface area contributed by atoms with Crippen LogP contribution < -0.4 is 0 Å². The van der Waals surface area contributed by atoms with Crippen molar-refractivity contribution in [3.05, 3.63) is 188 Å². The fourth-order valence-corrected chi connectivity index (χ4v) is 10.2. The average Bonchev–Trinajstić information content (AvgIpc) is 3.76. The number of fused-ring (bicyclic) bond motifs is 11. The predicted octanol–water partition coefficient (Wildman–Crippen LogP) is 13.9. The number of benzene rings is 8. The monoisotopic (exact) mass is 821 g/mol. The summed E-state index contributed by atoms with van der Waals surface area (Å²) in [5, 5.41) is 10.3. The lowest BCUT2D eigenvalue weighted by atomic mass is 9.97. The van der Waals surface area contributed by atoms with Crippen LogP contribution in [-0.4, -0.2) is 34.9 Å². The molecule has 7 nitrogen and oxygen atoms in total. The lowest BCUT2D eigenvalue weighted by Gasteiger charge is -2.11. The fraction of sp³-hybridized carbons (Fsp3) is 0. The van der Waals surface area contributed by atoms with E-state index in [1.165, 1.54) is 31.6 Å². The molecular weight excluding hydrogens is 791 g/mol. The zero-order chi connectivity index (χ0) is 41.4. The number of aromatic nitrogens is 7. The van der Waals surface area contributed by atoms with Gasteiger partial charge in [0.25, 0.3) is 0 Å². The molecule has 5 heterocycles. The molecule has 0 saturated heterocycles. The van der Waals surface area contributed by atoms with Crippen LogP contribution in [0.3, 0.4) is 0 Å². The van der Waals surface area contributed by atoms with Gasteiger partial charge in [0.05, 0.1) is 26.9 Å². The Morgan fingerprint density at radius 2 is 0.810 bits per heavy atom. The summed E-state index contributed by atoms with van der Waals surface area (Å²) in [6, 6.07) is 60.9. The minimum Gasteiger partial charge on any atom is -0.255 e. The van der Waals surface area contributed by atoms with Crippen molar-refractivity contribution < 1.29 is 0 Å². The second-order valence-corrected chi connectivity index (χ2v) is 16.7. The van der Waals surface area contributed by atoms with Gasteiger partial charge in [-0.3, -0.25) is 9.97 Å². The Morgan fingerprint density at radius 3 is 1.44 bits per heavy atom. The van der Waals surface area contributed by atoms with E-state index in [1.807, 2.05) is 48.8 Å². The van der Waals surface area contributed by atoms with Crippen LogP contribution in [0.5, 0.6) is 0 Å². The Bertz CT molecular complexity index is 3890. The van der Waals surface area contributed by atoms with E-state index in [2.05, 4.69) is 140 Å². The second kappa shape index (κ2) is 14.1. The molecule has 0 atom stereocenters. The zero-order valence-electron chi connectivity index (χ0n) is 33.4. The van der Waals surface area contributed by atoms with Crippen LogP contribution in [0.25, 0.3) is 131 Å². The summed E-state index contributed by atoms with van der Waals surface area (Å²) in [6.45, 7) is 0. The molecule has 0 aliphatic heterocycles. The molecule has 63 heavy (non-hydrogen) atoms. The Balaban J connectivity index is 1.01. The topological polar surface area (TPSA) is 90.2 Å². The number of nitrogens with zero attached hydrogens (tertiary/aromatic N) is 7. The summed E-state index contributed by atoms with van der Waals surface area (Å²) in [7, 11) is 0. The van der Waals surface area contributed by atoms with Crippen LogP contribution in [0.15, 0.2) is 188 Å². The summed E-state index contributed by atoms with van der Waals surface area (Å²) in [5.41, 5.74) is 8.09. The molecule has 0 aliphatic rings. The van der Waals surface area contributed by atoms with Gasteiger partial charge >= 0.3 is 0 Å². The number of thiophene rings is 1. The van der Waals surface area contributed by atoms with Gasteiger partial charge in [-0.2, -0.15) is 0 Å². The first-order valence-corrected chi connectivity index (χ1v) is 21.6. The summed E-state index contributed by atoms with van der Waals surface area (Å²) in [4.78, 5) is 35.5. The van der Waals surface area contributed by atoms with Crippen molar-refractivity contribution in [1.29, 1.82) is 0 Å². The maximum atomic E-state index is 5.46. The minimum absolute atomic E-state index is 0.531. The third-order valence-electron chi connectivity index (χ3n) is 12.0. The van der Waals surface area contributed by atoms with E-state index in [0.29, 0.717) is 23.3 Å². The highest BCUT2D eigenvalue weighted by Gasteiger charge is 2.22. The molecule has 0 saturated carbocycles. The third-order valence-corrected chi connectivity index (χ3v) is 13.2. The quantitative estimate of drug-likeness (QED) is 0.160. The minimum atomic E-state index is 0.531. The smallest absolute Gasteiger partial charge is 0.165 e. The molecule has 0 aliphatic carbocycles. The largest absolute Gasteiger partial charge is 0.255 e. The van der Waals surface area contributed by atoms with Crippen molar-refractivity contribution in [3.63, 3.8) is 0 Å². The van der Waals surface area contributed by atoms with E-state index in [1.54, 1.807) is 11.3 Å². The van der Waals surface area contributed by atoms with E-state index >= 15 is 0 Å². The predicted molar refractivity (Wildman–Crippen MR) is 259 cm³/mol. The number of hydrogen-bond acceptors (Lipinski definition) is 8. The Morgan fingerprint density at radius 1 is 0.333 bits per heavy atom. The maximum Gasteiger partial charge on any atom is 0.165 e. The van der Waals surface area contributed by atoms with Crippen molar-refractivity contribution in [2.45, 2.75) is 0 Å². The number of pyridine rings is 2.